The summed E-state index contributed by atoms with van der Waals surface area (Å²) in [6.07, 6.45) is 3.68. The largest absolute Gasteiger partial charge is 0.496 e. The number of carboxylic acid groups (broad SMARTS) is 1. The normalized spacial score (nSPS) is 10.9. The van der Waals surface area contributed by atoms with Gasteiger partial charge in [0.25, 0.3) is 0 Å². The van der Waals surface area contributed by atoms with Crippen molar-refractivity contribution in [3.8, 4) is 5.75 Å². The first-order valence-corrected chi connectivity index (χ1v) is 6.56. The molecule has 0 aliphatic carbocycles. The van der Waals surface area contributed by atoms with Gasteiger partial charge < -0.3 is 14.4 Å². The van der Waals surface area contributed by atoms with Gasteiger partial charge in [-0.05, 0) is 24.7 Å². The number of hydrogen-bond donors (Lipinski definition) is 1. The zero-order valence-electron chi connectivity index (χ0n) is 12.4. The van der Waals surface area contributed by atoms with E-state index in [9.17, 15) is 4.79 Å². The van der Waals surface area contributed by atoms with Crippen molar-refractivity contribution in [2.24, 2.45) is 7.05 Å². The van der Waals surface area contributed by atoms with Gasteiger partial charge in [0.1, 0.15) is 17.1 Å². The summed E-state index contributed by atoms with van der Waals surface area (Å²) in [5.41, 5.74) is 1.17. The number of carbonyl (C=O) groups is 1. The van der Waals surface area contributed by atoms with Crippen molar-refractivity contribution >= 4 is 5.97 Å². The van der Waals surface area contributed by atoms with Gasteiger partial charge in [-0.2, -0.15) is 0 Å². The molecule has 6 heteroatoms. The van der Waals surface area contributed by atoms with Crippen molar-refractivity contribution in [1.82, 2.24) is 14.5 Å². The molecule has 2 aromatic rings. The van der Waals surface area contributed by atoms with Crippen LogP contribution in [-0.4, -0.2) is 39.7 Å². The maximum absolute atomic E-state index is 11.1. The number of benzene rings is 1. The highest BCUT2D eigenvalue weighted by molar-refractivity contribution is 5.90. The molecule has 0 atom stereocenters. The molecule has 0 bridgehead atoms. The molecule has 1 heterocycles. The molecule has 0 spiro atoms. The van der Waals surface area contributed by atoms with Gasteiger partial charge in [-0.15, -0.1) is 0 Å². The fourth-order valence-electron chi connectivity index (χ4n) is 2.17. The monoisotopic (exact) mass is 289 g/mol. The second-order valence-corrected chi connectivity index (χ2v) is 4.97. The van der Waals surface area contributed by atoms with Gasteiger partial charge in [0.2, 0.25) is 0 Å². The summed E-state index contributed by atoms with van der Waals surface area (Å²) in [5, 5.41) is 9.07. The Balaban J connectivity index is 2.09. The Morgan fingerprint density at radius 3 is 2.76 bits per heavy atom. The number of carboxylic acids is 1. The van der Waals surface area contributed by atoms with Gasteiger partial charge in [-0.25, -0.2) is 9.78 Å². The third-order valence-electron chi connectivity index (χ3n) is 3.28. The SMILES string of the molecule is COc1cc(CN(C)Cc2nccn2C)ccc1C(=O)O. The van der Waals surface area contributed by atoms with Gasteiger partial charge in [0.15, 0.2) is 0 Å². The Morgan fingerprint density at radius 1 is 1.43 bits per heavy atom. The Morgan fingerprint density at radius 2 is 2.19 bits per heavy atom. The Bertz CT molecular complexity index is 637. The lowest BCUT2D eigenvalue weighted by Crippen LogP contribution is -2.19. The van der Waals surface area contributed by atoms with Crippen molar-refractivity contribution < 1.29 is 14.6 Å². The number of ether oxygens (including phenoxy) is 1. The topological polar surface area (TPSA) is 67.6 Å². The molecule has 6 nitrogen and oxygen atoms in total. The minimum Gasteiger partial charge on any atom is -0.496 e. The van der Waals surface area contributed by atoms with E-state index in [0.717, 1.165) is 11.4 Å². The van der Waals surface area contributed by atoms with Gasteiger partial charge in [0.05, 0.1) is 13.7 Å². The zero-order chi connectivity index (χ0) is 15.4. The minimum absolute atomic E-state index is 0.174. The lowest BCUT2D eigenvalue weighted by Gasteiger charge is -2.17. The lowest BCUT2D eigenvalue weighted by atomic mass is 10.1. The second-order valence-electron chi connectivity index (χ2n) is 4.97. The van der Waals surface area contributed by atoms with Gasteiger partial charge in [-0.1, -0.05) is 6.07 Å². The molecule has 0 saturated carbocycles. The van der Waals surface area contributed by atoms with E-state index in [0.29, 0.717) is 18.8 Å². The van der Waals surface area contributed by atoms with Crippen LogP contribution in [0, 0.1) is 0 Å². The maximum atomic E-state index is 11.1. The van der Waals surface area contributed by atoms with Crippen LogP contribution in [0.2, 0.25) is 0 Å². The molecule has 0 radical (unpaired) electrons. The molecule has 112 valence electrons. The molecule has 1 aromatic carbocycles. The van der Waals surface area contributed by atoms with Crippen molar-refractivity contribution in [2.45, 2.75) is 13.1 Å². The molecule has 0 aliphatic heterocycles. The quantitative estimate of drug-likeness (QED) is 0.877. The first-order valence-electron chi connectivity index (χ1n) is 6.56. The predicted octanol–water partition coefficient (Wildman–Crippen LogP) is 1.76. The average molecular weight is 289 g/mol. The third-order valence-corrected chi connectivity index (χ3v) is 3.28. The molecular formula is C15H19N3O3. The molecule has 0 aliphatic rings. The molecule has 2 rings (SSSR count). The smallest absolute Gasteiger partial charge is 0.339 e. The third kappa shape index (κ3) is 3.61. The first kappa shape index (κ1) is 15.1. The van der Waals surface area contributed by atoms with Crippen LogP contribution in [0.5, 0.6) is 5.75 Å². The Hall–Kier alpha value is -2.34. The number of rotatable bonds is 6. The van der Waals surface area contributed by atoms with E-state index in [4.69, 9.17) is 9.84 Å². The summed E-state index contributed by atoms with van der Waals surface area (Å²) in [6, 6.07) is 5.14. The second kappa shape index (κ2) is 6.41. The van der Waals surface area contributed by atoms with E-state index >= 15 is 0 Å². The van der Waals surface area contributed by atoms with Gasteiger partial charge in [-0.3, -0.25) is 4.90 Å². The van der Waals surface area contributed by atoms with E-state index in [1.165, 1.54) is 7.11 Å². The van der Waals surface area contributed by atoms with E-state index < -0.39 is 5.97 Å². The number of methoxy groups -OCH3 is 1. The summed E-state index contributed by atoms with van der Waals surface area (Å²) in [7, 11) is 5.43. The molecule has 0 saturated heterocycles. The van der Waals surface area contributed by atoms with Crippen LogP contribution >= 0.6 is 0 Å². The first-order chi connectivity index (χ1) is 10.0. The highest BCUT2D eigenvalue weighted by atomic mass is 16.5. The molecule has 21 heavy (non-hydrogen) atoms. The Labute approximate surface area is 123 Å². The number of nitrogens with zero attached hydrogens (tertiary/aromatic N) is 3. The summed E-state index contributed by atoms with van der Waals surface area (Å²) >= 11 is 0. The van der Waals surface area contributed by atoms with Crippen molar-refractivity contribution in [1.29, 1.82) is 0 Å². The zero-order valence-corrected chi connectivity index (χ0v) is 12.4. The highest BCUT2D eigenvalue weighted by Gasteiger charge is 2.12. The fraction of sp³-hybridized carbons (Fsp3) is 0.333. The van der Waals surface area contributed by atoms with Crippen LogP contribution in [0.15, 0.2) is 30.6 Å². The molecule has 0 fully saturated rings. The van der Waals surface area contributed by atoms with Crippen molar-refractivity contribution in [3.63, 3.8) is 0 Å². The summed E-state index contributed by atoms with van der Waals surface area (Å²) in [6.45, 7) is 1.40. The predicted molar refractivity (Wildman–Crippen MR) is 78.3 cm³/mol. The van der Waals surface area contributed by atoms with Gasteiger partial charge >= 0.3 is 5.97 Å². The van der Waals surface area contributed by atoms with Crippen LogP contribution in [-0.2, 0) is 20.1 Å². The lowest BCUT2D eigenvalue weighted by molar-refractivity contribution is 0.0693. The van der Waals surface area contributed by atoms with E-state index in [-0.39, 0.29) is 5.56 Å². The van der Waals surface area contributed by atoms with Crippen LogP contribution in [0.1, 0.15) is 21.7 Å². The number of hydrogen-bond acceptors (Lipinski definition) is 4. The van der Waals surface area contributed by atoms with E-state index in [2.05, 4.69) is 9.88 Å². The number of imidazole rings is 1. The van der Waals surface area contributed by atoms with Crippen molar-refractivity contribution in [2.75, 3.05) is 14.2 Å². The van der Waals surface area contributed by atoms with Crippen LogP contribution < -0.4 is 4.74 Å². The highest BCUT2D eigenvalue weighted by Crippen LogP contribution is 2.21. The van der Waals surface area contributed by atoms with E-state index in [1.807, 2.05) is 24.9 Å². The summed E-state index contributed by atoms with van der Waals surface area (Å²) < 4.78 is 7.11. The van der Waals surface area contributed by atoms with Crippen LogP contribution in [0.3, 0.4) is 0 Å². The average Bonchev–Trinajstić information content (AvgIpc) is 2.83. The number of aromatic nitrogens is 2. The standard InChI is InChI=1S/C15H19N3O3/c1-17(10-14-16-6-7-18(14)2)9-11-4-5-12(15(19)20)13(8-11)21-3/h4-8H,9-10H2,1-3H3,(H,19,20). The fourth-order valence-corrected chi connectivity index (χ4v) is 2.17. The molecule has 1 aromatic heterocycles. The van der Waals surface area contributed by atoms with E-state index in [1.54, 1.807) is 24.4 Å². The van der Waals surface area contributed by atoms with Crippen LogP contribution in [0.4, 0.5) is 0 Å². The summed E-state index contributed by atoms with van der Waals surface area (Å²) in [5.74, 6) is 0.372. The molecular weight excluding hydrogens is 270 g/mol. The van der Waals surface area contributed by atoms with Crippen molar-refractivity contribution in [3.05, 3.63) is 47.5 Å². The maximum Gasteiger partial charge on any atom is 0.339 e. The summed E-state index contributed by atoms with van der Waals surface area (Å²) in [4.78, 5) is 17.5. The van der Waals surface area contributed by atoms with Gasteiger partial charge in [0, 0.05) is 26.0 Å². The molecule has 0 amide bonds. The molecule has 1 N–H and O–H groups in total. The number of aryl methyl sites for hydroxylation is 1. The number of aromatic carboxylic acids is 1. The molecule has 0 unspecified atom stereocenters. The minimum atomic E-state index is -0.986. The Kier molecular flexibility index (Phi) is 4.59. The van der Waals surface area contributed by atoms with Crippen LogP contribution in [0.25, 0.3) is 0 Å².